The van der Waals surface area contributed by atoms with E-state index in [4.69, 9.17) is 5.11 Å². The van der Waals surface area contributed by atoms with E-state index in [9.17, 15) is 13.6 Å². The molecule has 0 saturated heterocycles. The summed E-state index contributed by atoms with van der Waals surface area (Å²) >= 11 is -0.756. The van der Waals surface area contributed by atoms with Gasteiger partial charge >= 0.3 is 0 Å². The molecule has 0 radical (unpaired) electrons. The van der Waals surface area contributed by atoms with Crippen molar-refractivity contribution in [3.05, 3.63) is 59.7 Å². The number of carbonyl (C=O) groups excluding carboxylic acids is 1. The molecule has 0 aliphatic rings. The van der Waals surface area contributed by atoms with Crippen LogP contribution in [0.15, 0.2) is 48.5 Å². The molecule has 1 atom stereocenters. The molecule has 0 saturated carbocycles. The average Bonchev–Trinajstić information content (AvgIpc) is 3.10. The number of anilines is 1. The number of hydrogen-bond donors (Lipinski definition) is 2. The van der Waals surface area contributed by atoms with E-state index in [-0.39, 0.29) is 18.3 Å². The summed E-state index contributed by atoms with van der Waals surface area (Å²) < 4.78 is 21.8. The number of aromatic nitrogens is 1. The molecule has 0 spiro atoms. The summed E-state index contributed by atoms with van der Waals surface area (Å²) in [6.45, 7) is 1.60. The van der Waals surface area contributed by atoms with Gasteiger partial charge in [0, 0.05) is 24.8 Å². The number of aryl methyl sites for hydroxylation is 1. The van der Waals surface area contributed by atoms with E-state index >= 15 is 0 Å². The highest BCUT2D eigenvalue weighted by atomic mass is 32.2. The van der Waals surface area contributed by atoms with Crippen LogP contribution < -0.4 is 5.32 Å². The Morgan fingerprint density at radius 2 is 1.72 bits per heavy atom. The van der Waals surface area contributed by atoms with Crippen LogP contribution in [0.25, 0.3) is 21.7 Å². The first-order valence-electron chi connectivity index (χ1n) is 9.10. The van der Waals surface area contributed by atoms with Crippen molar-refractivity contribution in [1.82, 2.24) is 4.98 Å². The van der Waals surface area contributed by atoms with Gasteiger partial charge in [0.05, 0.1) is 10.6 Å². The fraction of sp³-hybridized carbons (Fsp3) is 0.238. The molecule has 0 aliphatic heterocycles. The van der Waals surface area contributed by atoms with Crippen molar-refractivity contribution in [2.24, 2.45) is 0 Å². The minimum Gasteiger partial charge on any atom is -0.772 e. The summed E-state index contributed by atoms with van der Waals surface area (Å²) in [6.07, 6.45) is 1.52. The van der Waals surface area contributed by atoms with Crippen molar-refractivity contribution in [2.75, 3.05) is 11.9 Å². The van der Waals surface area contributed by atoms with Crippen molar-refractivity contribution in [3.8, 4) is 21.7 Å². The van der Waals surface area contributed by atoms with Crippen molar-refractivity contribution in [2.45, 2.75) is 25.5 Å². The maximum atomic E-state index is 11.5. The van der Waals surface area contributed by atoms with E-state index in [1.165, 1.54) is 18.3 Å². The number of nitrogens with zero attached hydrogens (tertiary/aromatic N) is 1. The fourth-order valence-electron chi connectivity index (χ4n) is 2.92. The number of nitrogens with one attached hydrogen (secondary N) is 1. The Balaban J connectivity index is 1.96. The standard InChI is InChI=1S/C21H22N2O4S2/c1-14(25)22-21-23-19(17-8-4-15(5-9-17)3-2-12-24)20(28-21)18-10-6-16(7-11-18)13-29(26)27/h4-11,24H,2-3,12-13H2,1H3,(H,26,27)(H,22,23,25)/p-1. The predicted molar refractivity (Wildman–Crippen MR) is 115 cm³/mol. The number of carbonyl (C=O) groups is 1. The maximum Gasteiger partial charge on any atom is 0.223 e. The first-order chi connectivity index (χ1) is 14.0. The number of benzene rings is 2. The van der Waals surface area contributed by atoms with Crippen LogP contribution in [0.1, 0.15) is 24.5 Å². The minimum atomic E-state index is -2.13. The number of amides is 1. The van der Waals surface area contributed by atoms with Crippen molar-refractivity contribution < 1.29 is 18.7 Å². The second kappa shape index (κ2) is 9.89. The largest absolute Gasteiger partial charge is 0.772 e. The zero-order valence-corrected chi connectivity index (χ0v) is 17.5. The number of rotatable bonds is 8. The molecule has 0 fully saturated rings. The van der Waals surface area contributed by atoms with Gasteiger partial charge in [0.1, 0.15) is 0 Å². The molecule has 0 aliphatic carbocycles. The number of hydrogen-bond acceptors (Lipinski definition) is 6. The smallest absolute Gasteiger partial charge is 0.223 e. The molecule has 3 rings (SSSR count). The lowest BCUT2D eigenvalue weighted by Crippen LogP contribution is -2.04. The average molecular weight is 430 g/mol. The summed E-state index contributed by atoms with van der Waals surface area (Å²) in [4.78, 5) is 17.0. The lowest BCUT2D eigenvalue weighted by molar-refractivity contribution is -0.114. The predicted octanol–water partition coefficient (Wildman–Crippen LogP) is 3.74. The molecule has 1 unspecified atom stereocenters. The van der Waals surface area contributed by atoms with Crippen LogP contribution in [-0.4, -0.2) is 31.4 Å². The molecular weight excluding hydrogens is 408 g/mol. The van der Waals surface area contributed by atoms with Crippen LogP contribution in [0.5, 0.6) is 0 Å². The molecule has 1 aromatic heterocycles. The molecule has 2 aromatic carbocycles. The first-order valence-corrected chi connectivity index (χ1v) is 11.2. The Morgan fingerprint density at radius 1 is 1.10 bits per heavy atom. The third-order valence-electron chi connectivity index (χ3n) is 4.26. The highest BCUT2D eigenvalue weighted by Gasteiger charge is 2.16. The van der Waals surface area contributed by atoms with Crippen molar-refractivity contribution in [1.29, 1.82) is 0 Å². The second-order valence-electron chi connectivity index (χ2n) is 6.55. The number of aliphatic hydroxyl groups excluding tert-OH is 1. The Morgan fingerprint density at radius 3 is 2.31 bits per heavy atom. The molecule has 8 heteroatoms. The van der Waals surface area contributed by atoms with Crippen LogP contribution in [-0.2, 0) is 28.0 Å². The Kier molecular flexibility index (Phi) is 7.27. The monoisotopic (exact) mass is 429 g/mol. The summed E-state index contributed by atoms with van der Waals surface area (Å²) in [6, 6.07) is 15.3. The van der Waals surface area contributed by atoms with E-state index in [1.54, 1.807) is 12.1 Å². The Labute approximate surface area is 175 Å². The zero-order valence-electron chi connectivity index (χ0n) is 15.9. The van der Waals surface area contributed by atoms with Gasteiger partial charge in [-0.2, -0.15) is 0 Å². The molecule has 3 aromatic rings. The van der Waals surface area contributed by atoms with E-state index in [0.717, 1.165) is 33.7 Å². The van der Waals surface area contributed by atoms with Crippen LogP contribution in [0, 0.1) is 0 Å². The zero-order chi connectivity index (χ0) is 20.8. The van der Waals surface area contributed by atoms with Crippen LogP contribution >= 0.6 is 11.3 Å². The summed E-state index contributed by atoms with van der Waals surface area (Å²) in [5, 5.41) is 12.2. The molecule has 1 amide bonds. The lowest BCUT2D eigenvalue weighted by atomic mass is 10.0. The van der Waals surface area contributed by atoms with Crippen LogP contribution in [0.2, 0.25) is 0 Å². The van der Waals surface area contributed by atoms with Crippen molar-refractivity contribution >= 4 is 33.5 Å². The van der Waals surface area contributed by atoms with Gasteiger partial charge < -0.3 is 15.0 Å². The minimum absolute atomic E-state index is 0.0255. The number of aliphatic hydroxyl groups is 1. The van der Waals surface area contributed by atoms with Gasteiger partial charge in [0.25, 0.3) is 0 Å². The third-order valence-corrected chi connectivity index (χ3v) is 5.85. The second-order valence-corrected chi connectivity index (χ2v) is 8.44. The highest BCUT2D eigenvalue weighted by molar-refractivity contribution is 7.78. The summed E-state index contributed by atoms with van der Waals surface area (Å²) in [5.41, 5.74) is 4.43. The Hall–Kier alpha value is -2.39. The molecule has 2 N–H and O–H groups in total. The van der Waals surface area contributed by atoms with E-state index in [0.29, 0.717) is 17.1 Å². The van der Waals surface area contributed by atoms with Gasteiger partial charge in [-0.25, -0.2) is 4.98 Å². The normalized spacial score (nSPS) is 12.0. The van der Waals surface area contributed by atoms with Crippen LogP contribution in [0.4, 0.5) is 5.13 Å². The topological polar surface area (TPSA) is 102 Å². The molecule has 0 bridgehead atoms. The lowest BCUT2D eigenvalue weighted by Gasteiger charge is -2.07. The molecule has 1 heterocycles. The first kappa shape index (κ1) is 21.3. The molecule has 152 valence electrons. The fourth-order valence-corrected chi connectivity index (χ4v) is 4.42. The highest BCUT2D eigenvalue weighted by Crippen LogP contribution is 2.39. The van der Waals surface area contributed by atoms with Gasteiger partial charge in [-0.15, -0.1) is 0 Å². The van der Waals surface area contributed by atoms with Gasteiger partial charge in [0.2, 0.25) is 5.91 Å². The molecule has 6 nitrogen and oxygen atoms in total. The van der Waals surface area contributed by atoms with Gasteiger partial charge in [-0.3, -0.25) is 9.00 Å². The Bertz CT molecular complexity index is 999. The third kappa shape index (κ3) is 5.80. The van der Waals surface area contributed by atoms with Gasteiger partial charge in [0.15, 0.2) is 5.13 Å². The van der Waals surface area contributed by atoms with Crippen LogP contribution in [0.3, 0.4) is 0 Å². The van der Waals surface area contributed by atoms with Gasteiger partial charge in [-0.05, 0) is 29.5 Å². The van der Waals surface area contributed by atoms with E-state index < -0.39 is 11.1 Å². The van der Waals surface area contributed by atoms with Gasteiger partial charge in [-0.1, -0.05) is 70.9 Å². The number of thiazole rings is 1. The van der Waals surface area contributed by atoms with E-state index in [1.807, 2.05) is 36.4 Å². The molecule has 29 heavy (non-hydrogen) atoms. The quantitative estimate of drug-likeness (QED) is 0.531. The maximum absolute atomic E-state index is 11.5. The van der Waals surface area contributed by atoms with Crippen molar-refractivity contribution in [3.63, 3.8) is 0 Å². The summed E-state index contributed by atoms with van der Waals surface area (Å²) in [7, 11) is 0. The summed E-state index contributed by atoms with van der Waals surface area (Å²) in [5.74, 6) is -0.216. The van der Waals surface area contributed by atoms with E-state index in [2.05, 4.69) is 10.3 Å². The SMILES string of the molecule is CC(=O)Nc1nc(-c2ccc(CCCO)cc2)c(-c2ccc(CS(=O)[O-])cc2)s1. The molecular formula is C21H21N2O4S2-.